The fourth-order valence-corrected chi connectivity index (χ4v) is 4.15. The molecular weight excluding hydrogens is 352 g/mol. The normalized spacial score (nSPS) is 13.6. The summed E-state index contributed by atoms with van der Waals surface area (Å²) < 4.78 is 0. The van der Waals surface area contributed by atoms with Crippen molar-refractivity contribution in [3.63, 3.8) is 0 Å². The molecule has 136 valence electrons. The summed E-state index contributed by atoms with van der Waals surface area (Å²) in [6.45, 7) is 2.11. The first-order valence-corrected chi connectivity index (χ1v) is 9.39. The summed E-state index contributed by atoms with van der Waals surface area (Å²) in [5.41, 5.74) is 9.31. The zero-order valence-corrected chi connectivity index (χ0v) is 16.0. The summed E-state index contributed by atoms with van der Waals surface area (Å²) in [6.07, 6.45) is 2.16. The summed E-state index contributed by atoms with van der Waals surface area (Å²) in [5.74, 6) is 0. The quantitative estimate of drug-likeness (QED) is 0.468. The zero-order valence-electron chi connectivity index (χ0n) is 15.2. The van der Waals surface area contributed by atoms with Crippen LogP contribution in [0.2, 0.25) is 0 Å². The molecular formula is C24H23ClN2. The van der Waals surface area contributed by atoms with Gasteiger partial charge in [-0.3, -0.25) is 0 Å². The monoisotopic (exact) mass is 374 g/mol. The number of fused-ring (bicyclic) bond motifs is 3. The van der Waals surface area contributed by atoms with Crippen LogP contribution < -0.4 is 5.32 Å². The second-order valence-corrected chi connectivity index (χ2v) is 7.01. The Labute approximate surface area is 166 Å². The minimum absolute atomic E-state index is 0. The van der Waals surface area contributed by atoms with Gasteiger partial charge < -0.3 is 10.3 Å². The van der Waals surface area contributed by atoms with Crippen molar-refractivity contribution in [1.82, 2.24) is 10.3 Å². The van der Waals surface area contributed by atoms with Crippen LogP contribution in [-0.2, 0) is 12.8 Å². The molecule has 4 aromatic rings. The van der Waals surface area contributed by atoms with Gasteiger partial charge >= 0.3 is 0 Å². The van der Waals surface area contributed by atoms with Crippen molar-refractivity contribution in [3.05, 3.63) is 84.1 Å². The number of hydrogen-bond acceptors (Lipinski definition) is 1. The molecule has 0 aliphatic carbocycles. The second kappa shape index (κ2) is 7.59. The van der Waals surface area contributed by atoms with Gasteiger partial charge in [0.1, 0.15) is 0 Å². The number of aromatic nitrogens is 1. The van der Waals surface area contributed by atoms with Crippen LogP contribution in [0.15, 0.2) is 72.8 Å². The van der Waals surface area contributed by atoms with E-state index in [1.165, 1.54) is 44.4 Å². The van der Waals surface area contributed by atoms with Crippen LogP contribution in [0.5, 0.6) is 0 Å². The summed E-state index contributed by atoms with van der Waals surface area (Å²) >= 11 is 0. The Morgan fingerprint density at radius 3 is 2.30 bits per heavy atom. The van der Waals surface area contributed by atoms with Crippen LogP contribution in [0.25, 0.3) is 33.2 Å². The minimum Gasteiger partial charge on any atom is -0.358 e. The molecule has 2 nitrogen and oxygen atoms in total. The molecule has 0 saturated heterocycles. The third-order valence-electron chi connectivity index (χ3n) is 5.40. The van der Waals surface area contributed by atoms with Gasteiger partial charge in [-0.25, -0.2) is 0 Å². The molecule has 2 N–H and O–H groups in total. The summed E-state index contributed by atoms with van der Waals surface area (Å²) in [6, 6.07) is 26.2. The molecule has 0 fully saturated rings. The predicted molar refractivity (Wildman–Crippen MR) is 117 cm³/mol. The lowest BCUT2D eigenvalue weighted by molar-refractivity contribution is 0.708. The van der Waals surface area contributed by atoms with Crippen molar-refractivity contribution in [2.75, 3.05) is 13.1 Å². The minimum atomic E-state index is 0. The van der Waals surface area contributed by atoms with E-state index in [0.29, 0.717) is 0 Å². The Bertz CT molecular complexity index is 1070. The van der Waals surface area contributed by atoms with Gasteiger partial charge in [-0.15, -0.1) is 12.4 Å². The van der Waals surface area contributed by atoms with Crippen molar-refractivity contribution < 1.29 is 0 Å². The van der Waals surface area contributed by atoms with Gasteiger partial charge in [0.05, 0.1) is 0 Å². The van der Waals surface area contributed by atoms with Crippen LogP contribution >= 0.6 is 12.4 Å². The fraction of sp³-hybridized carbons (Fsp3) is 0.167. The van der Waals surface area contributed by atoms with Crippen LogP contribution in [-0.4, -0.2) is 18.1 Å². The molecule has 0 radical (unpaired) electrons. The number of hydrogen-bond donors (Lipinski definition) is 2. The molecule has 0 unspecified atom stereocenters. The van der Waals surface area contributed by atoms with Crippen LogP contribution in [0.1, 0.15) is 11.3 Å². The van der Waals surface area contributed by atoms with Crippen molar-refractivity contribution >= 4 is 23.3 Å². The SMILES string of the molecule is Cl.c1ccc(-c2cccc(-c3cccc4[nH]c5c(c34)CCNCC5)c2)cc1. The smallest absolute Gasteiger partial charge is 0.0465 e. The molecule has 0 atom stereocenters. The molecule has 0 amide bonds. The Balaban J connectivity index is 0.00000180. The molecule has 0 spiro atoms. The van der Waals surface area contributed by atoms with Crippen molar-refractivity contribution in [3.8, 4) is 22.3 Å². The van der Waals surface area contributed by atoms with Crippen LogP contribution in [0.3, 0.4) is 0 Å². The summed E-state index contributed by atoms with van der Waals surface area (Å²) in [4.78, 5) is 3.67. The lowest BCUT2D eigenvalue weighted by Gasteiger charge is -2.09. The van der Waals surface area contributed by atoms with Gasteiger partial charge in [0.2, 0.25) is 0 Å². The van der Waals surface area contributed by atoms with Gasteiger partial charge in [0.15, 0.2) is 0 Å². The maximum absolute atomic E-state index is 3.67. The zero-order chi connectivity index (χ0) is 17.3. The standard InChI is InChI=1S/C24H22N2.ClH/c1-2-6-17(7-3-1)18-8-4-9-19(16-18)20-10-5-11-23-24(20)21-12-14-25-15-13-22(21)26-23;/h1-11,16,25-26H,12-15H2;1H. The average Bonchev–Trinajstić information content (AvgIpc) is 2.90. The maximum atomic E-state index is 3.67. The largest absolute Gasteiger partial charge is 0.358 e. The van der Waals surface area contributed by atoms with E-state index in [1.54, 1.807) is 0 Å². The number of halogens is 1. The Kier molecular flexibility index (Phi) is 5.02. The Morgan fingerprint density at radius 1 is 0.667 bits per heavy atom. The average molecular weight is 375 g/mol. The number of benzene rings is 3. The van der Waals surface area contributed by atoms with Crippen molar-refractivity contribution in [2.24, 2.45) is 0 Å². The van der Waals surface area contributed by atoms with Crippen molar-refractivity contribution in [1.29, 1.82) is 0 Å². The highest BCUT2D eigenvalue weighted by atomic mass is 35.5. The van der Waals surface area contributed by atoms with E-state index in [-0.39, 0.29) is 12.4 Å². The van der Waals surface area contributed by atoms with E-state index in [9.17, 15) is 0 Å². The Morgan fingerprint density at radius 2 is 1.41 bits per heavy atom. The summed E-state index contributed by atoms with van der Waals surface area (Å²) in [7, 11) is 0. The van der Waals surface area contributed by atoms with E-state index < -0.39 is 0 Å². The molecule has 0 bridgehead atoms. The van der Waals surface area contributed by atoms with E-state index in [4.69, 9.17) is 0 Å². The first kappa shape index (κ1) is 17.8. The molecule has 1 aromatic heterocycles. The third kappa shape index (κ3) is 3.27. The number of nitrogens with one attached hydrogen (secondary N) is 2. The highest BCUT2D eigenvalue weighted by molar-refractivity contribution is 5.99. The third-order valence-corrected chi connectivity index (χ3v) is 5.40. The second-order valence-electron chi connectivity index (χ2n) is 7.01. The van der Waals surface area contributed by atoms with Crippen LogP contribution in [0.4, 0.5) is 0 Å². The van der Waals surface area contributed by atoms with E-state index in [2.05, 4.69) is 83.1 Å². The molecule has 1 aliphatic heterocycles. The summed E-state index contributed by atoms with van der Waals surface area (Å²) in [5, 5.41) is 4.91. The molecule has 3 aromatic carbocycles. The van der Waals surface area contributed by atoms with E-state index in [0.717, 1.165) is 25.9 Å². The molecule has 5 rings (SSSR count). The lowest BCUT2D eigenvalue weighted by Crippen LogP contribution is -2.16. The molecule has 1 aliphatic rings. The van der Waals surface area contributed by atoms with Gasteiger partial charge in [-0.2, -0.15) is 0 Å². The first-order chi connectivity index (χ1) is 12.9. The van der Waals surface area contributed by atoms with Gasteiger partial charge in [0.25, 0.3) is 0 Å². The fourth-order valence-electron chi connectivity index (χ4n) is 4.15. The predicted octanol–water partition coefficient (Wildman–Crippen LogP) is 5.61. The molecule has 2 heterocycles. The van der Waals surface area contributed by atoms with E-state index in [1.807, 2.05) is 0 Å². The van der Waals surface area contributed by atoms with Gasteiger partial charge in [0, 0.05) is 29.6 Å². The van der Waals surface area contributed by atoms with Gasteiger partial charge in [-0.1, -0.05) is 60.7 Å². The molecule has 0 saturated carbocycles. The number of rotatable bonds is 2. The number of aromatic amines is 1. The van der Waals surface area contributed by atoms with E-state index >= 15 is 0 Å². The first-order valence-electron chi connectivity index (χ1n) is 9.39. The highest BCUT2D eigenvalue weighted by Gasteiger charge is 2.17. The highest BCUT2D eigenvalue weighted by Crippen LogP contribution is 2.35. The van der Waals surface area contributed by atoms with Crippen molar-refractivity contribution in [2.45, 2.75) is 12.8 Å². The maximum Gasteiger partial charge on any atom is 0.0465 e. The van der Waals surface area contributed by atoms with Crippen LogP contribution in [0, 0.1) is 0 Å². The Hall–Kier alpha value is -2.55. The number of H-pyrrole nitrogens is 1. The van der Waals surface area contributed by atoms with Gasteiger partial charge in [-0.05, 0) is 52.9 Å². The molecule has 27 heavy (non-hydrogen) atoms. The lowest BCUT2D eigenvalue weighted by atomic mass is 9.94. The molecule has 3 heteroatoms. The topological polar surface area (TPSA) is 27.8 Å².